The van der Waals surface area contributed by atoms with E-state index in [2.05, 4.69) is 15.6 Å². The van der Waals surface area contributed by atoms with Crippen molar-refractivity contribution in [1.82, 2.24) is 24.8 Å². The van der Waals surface area contributed by atoms with Crippen LogP contribution in [0.4, 0.5) is 5.82 Å². The van der Waals surface area contributed by atoms with Gasteiger partial charge in [-0.15, -0.1) is 10.2 Å². The molecule has 0 bridgehead atoms. The monoisotopic (exact) mass is 324 g/mol. The van der Waals surface area contributed by atoms with Crippen molar-refractivity contribution in [1.29, 1.82) is 0 Å². The maximum absolute atomic E-state index is 4.71. The fourth-order valence-corrected chi connectivity index (χ4v) is 4.21. The summed E-state index contributed by atoms with van der Waals surface area (Å²) in [4.78, 5) is 9.40. The van der Waals surface area contributed by atoms with E-state index in [1.807, 2.05) is 28.9 Å². The van der Waals surface area contributed by atoms with E-state index in [1.54, 1.807) is 0 Å². The fraction of sp³-hybridized carbons (Fsp3) is 0.375. The molecule has 2 aromatic heterocycles. The smallest absolute Gasteiger partial charge is 0.216 e. The van der Waals surface area contributed by atoms with E-state index in [9.17, 15) is 0 Å². The van der Waals surface area contributed by atoms with Gasteiger partial charge < -0.3 is 0 Å². The molecule has 1 fully saturated rings. The van der Waals surface area contributed by atoms with Gasteiger partial charge in [-0.1, -0.05) is 31.4 Å². The summed E-state index contributed by atoms with van der Waals surface area (Å²) in [7, 11) is 0. The molecule has 5 rings (SSSR count). The highest BCUT2D eigenvalue weighted by Gasteiger charge is 2.28. The summed E-state index contributed by atoms with van der Waals surface area (Å²) in [6, 6.07) is 7.93. The van der Waals surface area contributed by atoms with Gasteiger partial charge in [-0.3, -0.25) is 5.43 Å². The summed E-state index contributed by atoms with van der Waals surface area (Å²) in [6.07, 6.45) is 6.28. The molecular weight excluding hydrogens is 308 g/mol. The Labute approximate surface area is 137 Å². The minimum atomic E-state index is 0.494. The van der Waals surface area contributed by atoms with Gasteiger partial charge in [0, 0.05) is 5.92 Å². The lowest BCUT2D eigenvalue weighted by Gasteiger charge is -2.24. The second kappa shape index (κ2) is 5.19. The number of nitrogens with zero attached hydrogens (tertiary/aromatic N) is 5. The van der Waals surface area contributed by atoms with E-state index in [0.717, 1.165) is 32.9 Å². The summed E-state index contributed by atoms with van der Waals surface area (Å²) in [5.41, 5.74) is 5.18. The second-order valence-electron chi connectivity index (χ2n) is 6.09. The van der Waals surface area contributed by atoms with Crippen molar-refractivity contribution in [2.75, 3.05) is 5.43 Å². The van der Waals surface area contributed by atoms with Crippen LogP contribution in [0.25, 0.3) is 11.0 Å². The first-order valence-electron chi connectivity index (χ1n) is 8.05. The minimum Gasteiger partial charge on any atom is -0.272 e. The van der Waals surface area contributed by atoms with E-state index in [1.165, 1.54) is 43.9 Å². The lowest BCUT2D eigenvalue weighted by molar-refractivity contribution is 0.420. The van der Waals surface area contributed by atoms with E-state index in [0.29, 0.717) is 5.92 Å². The van der Waals surface area contributed by atoms with Crippen LogP contribution in [0, 0.1) is 0 Å². The lowest BCUT2D eigenvalue weighted by Crippen LogP contribution is -2.22. The topological polar surface area (TPSA) is 68.5 Å². The SMILES string of the molecule is c1ccc2nc3c(nc2c1)Nn1c(nnc1C1CCCCC1)S3. The molecule has 0 unspecified atom stereocenters. The molecule has 3 aromatic rings. The molecule has 0 amide bonds. The Morgan fingerprint density at radius 1 is 1.00 bits per heavy atom. The predicted molar refractivity (Wildman–Crippen MR) is 88.5 cm³/mol. The Morgan fingerprint density at radius 3 is 2.61 bits per heavy atom. The minimum absolute atomic E-state index is 0.494. The Hall–Kier alpha value is -2.15. The molecule has 1 aliphatic heterocycles. The number of hydrogen-bond donors (Lipinski definition) is 1. The summed E-state index contributed by atoms with van der Waals surface area (Å²) in [5, 5.41) is 10.5. The quantitative estimate of drug-likeness (QED) is 0.577. The molecule has 0 spiro atoms. The van der Waals surface area contributed by atoms with Crippen LogP contribution in [0.5, 0.6) is 0 Å². The van der Waals surface area contributed by atoms with Gasteiger partial charge in [0.1, 0.15) is 5.03 Å². The second-order valence-corrected chi connectivity index (χ2v) is 7.05. The Bertz CT molecular complexity index is 883. The first-order valence-corrected chi connectivity index (χ1v) is 8.87. The molecule has 3 heterocycles. The molecule has 1 aliphatic carbocycles. The average Bonchev–Trinajstić information content (AvgIpc) is 3.01. The van der Waals surface area contributed by atoms with Crippen molar-refractivity contribution in [3.63, 3.8) is 0 Å². The van der Waals surface area contributed by atoms with Gasteiger partial charge in [-0.05, 0) is 36.7 Å². The first kappa shape index (κ1) is 13.3. The fourth-order valence-electron chi connectivity index (χ4n) is 3.40. The van der Waals surface area contributed by atoms with Crippen molar-refractivity contribution < 1.29 is 0 Å². The van der Waals surface area contributed by atoms with Gasteiger partial charge in [-0.25, -0.2) is 14.6 Å². The molecule has 116 valence electrons. The Kier molecular flexibility index (Phi) is 3.00. The van der Waals surface area contributed by atoms with Crippen molar-refractivity contribution in [2.45, 2.75) is 48.2 Å². The van der Waals surface area contributed by atoms with E-state index in [-0.39, 0.29) is 0 Å². The number of rotatable bonds is 1. The Balaban J connectivity index is 1.56. The standard InChI is InChI=1S/C16H16N6S/c1-2-6-10(7-3-1)14-19-20-16-22(14)21-13-15(23-16)18-12-9-5-4-8-11(12)17-13/h4-5,8-10H,1-3,6-7H2,(H,17,21). The van der Waals surface area contributed by atoms with Gasteiger partial charge in [0.05, 0.1) is 11.0 Å². The normalized spacial score (nSPS) is 17.6. The number of fused-ring (bicyclic) bond motifs is 3. The van der Waals surface area contributed by atoms with Crippen LogP contribution >= 0.6 is 11.8 Å². The molecular formula is C16H16N6S. The molecule has 1 N–H and O–H groups in total. The molecule has 0 atom stereocenters. The van der Waals surface area contributed by atoms with Crippen LogP contribution in [0.2, 0.25) is 0 Å². The summed E-state index contributed by atoms with van der Waals surface area (Å²) in [5.74, 6) is 2.32. The Morgan fingerprint density at radius 2 is 1.78 bits per heavy atom. The van der Waals surface area contributed by atoms with Crippen LogP contribution in [-0.4, -0.2) is 24.8 Å². The predicted octanol–water partition coefficient (Wildman–Crippen LogP) is 3.61. The summed E-state index contributed by atoms with van der Waals surface area (Å²) >= 11 is 1.54. The van der Waals surface area contributed by atoms with Gasteiger partial charge >= 0.3 is 0 Å². The molecule has 23 heavy (non-hydrogen) atoms. The van der Waals surface area contributed by atoms with Gasteiger partial charge in [0.15, 0.2) is 11.6 Å². The van der Waals surface area contributed by atoms with Crippen molar-refractivity contribution in [3.05, 3.63) is 30.1 Å². The molecule has 0 saturated heterocycles. The van der Waals surface area contributed by atoms with E-state index >= 15 is 0 Å². The third-order valence-electron chi connectivity index (χ3n) is 4.57. The van der Waals surface area contributed by atoms with Gasteiger partial charge in [-0.2, -0.15) is 0 Å². The highest BCUT2D eigenvalue weighted by molar-refractivity contribution is 7.99. The summed E-state index contributed by atoms with van der Waals surface area (Å²) < 4.78 is 2.01. The number of hydrogen-bond acceptors (Lipinski definition) is 6. The number of para-hydroxylation sites is 2. The zero-order valence-electron chi connectivity index (χ0n) is 12.6. The number of anilines is 1. The van der Waals surface area contributed by atoms with Crippen LogP contribution in [0.3, 0.4) is 0 Å². The highest BCUT2D eigenvalue weighted by atomic mass is 32.2. The number of aromatic nitrogens is 5. The van der Waals surface area contributed by atoms with Gasteiger partial charge in [0.25, 0.3) is 0 Å². The lowest BCUT2D eigenvalue weighted by atomic mass is 9.89. The number of benzene rings is 1. The largest absolute Gasteiger partial charge is 0.272 e. The van der Waals surface area contributed by atoms with Crippen LogP contribution in [-0.2, 0) is 0 Å². The molecule has 1 aromatic carbocycles. The van der Waals surface area contributed by atoms with Crippen molar-refractivity contribution in [2.24, 2.45) is 0 Å². The van der Waals surface area contributed by atoms with E-state index in [4.69, 9.17) is 9.97 Å². The molecule has 2 aliphatic rings. The average molecular weight is 324 g/mol. The zero-order valence-corrected chi connectivity index (χ0v) is 13.4. The molecule has 1 saturated carbocycles. The highest BCUT2D eigenvalue weighted by Crippen LogP contribution is 2.39. The maximum Gasteiger partial charge on any atom is 0.216 e. The van der Waals surface area contributed by atoms with Crippen molar-refractivity contribution in [3.8, 4) is 0 Å². The third kappa shape index (κ3) is 2.18. The van der Waals surface area contributed by atoms with Crippen LogP contribution < -0.4 is 5.43 Å². The molecule has 0 radical (unpaired) electrons. The number of nitrogens with one attached hydrogen (secondary N) is 1. The van der Waals surface area contributed by atoms with Crippen LogP contribution in [0.15, 0.2) is 34.4 Å². The molecule has 7 heteroatoms. The van der Waals surface area contributed by atoms with E-state index < -0.39 is 0 Å². The molecule has 6 nitrogen and oxygen atoms in total. The first-order chi connectivity index (χ1) is 11.4. The zero-order chi connectivity index (χ0) is 15.2. The van der Waals surface area contributed by atoms with Gasteiger partial charge in [0.2, 0.25) is 5.16 Å². The maximum atomic E-state index is 4.71. The van der Waals surface area contributed by atoms with Crippen molar-refractivity contribution >= 4 is 28.6 Å². The third-order valence-corrected chi connectivity index (χ3v) is 5.50. The summed E-state index contributed by atoms with van der Waals surface area (Å²) in [6.45, 7) is 0. The van der Waals surface area contributed by atoms with Crippen LogP contribution in [0.1, 0.15) is 43.8 Å².